The second-order valence-electron chi connectivity index (χ2n) is 8.01. The van der Waals surface area contributed by atoms with E-state index in [1.165, 1.54) is 6.04 Å². The fraction of sp³-hybridized carbons (Fsp3) is 0.368. The summed E-state index contributed by atoms with van der Waals surface area (Å²) in [6.45, 7) is 6.25. The van der Waals surface area contributed by atoms with E-state index in [2.05, 4.69) is 51.0 Å². The van der Waals surface area contributed by atoms with Crippen LogP contribution in [0.2, 0.25) is 0 Å². The van der Waals surface area contributed by atoms with Crippen molar-refractivity contribution in [3.8, 4) is 11.3 Å². The number of nitrogens with zero attached hydrogens (tertiary/aromatic N) is 6. The Bertz CT molecular complexity index is 1090. The maximum absolute atomic E-state index is 5.47. The number of aromatic nitrogens is 7. The molecule has 27 heavy (non-hydrogen) atoms. The van der Waals surface area contributed by atoms with E-state index >= 15 is 0 Å². The molecule has 137 valence electrons. The summed E-state index contributed by atoms with van der Waals surface area (Å²) < 4.78 is 7.41. The third kappa shape index (κ3) is 2.72. The van der Waals surface area contributed by atoms with Gasteiger partial charge in [-0.2, -0.15) is 10.1 Å². The molecule has 8 heteroatoms. The van der Waals surface area contributed by atoms with Crippen molar-refractivity contribution in [3.63, 3.8) is 0 Å². The van der Waals surface area contributed by atoms with Crippen molar-refractivity contribution in [1.82, 2.24) is 34.9 Å². The van der Waals surface area contributed by atoms with Gasteiger partial charge in [-0.3, -0.25) is 4.68 Å². The van der Waals surface area contributed by atoms with Crippen LogP contribution in [0.4, 0.5) is 0 Å². The quantitative estimate of drug-likeness (QED) is 0.599. The number of rotatable bonds is 3. The first-order chi connectivity index (χ1) is 13.0. The monoisotopic (exact) mass is 362 g/mol. The zero-order chi connectivity index (χ0) is 18.6. The second-order valence-corrected chi connectivity index (χ2v) is 8.01. The summed E-state index contributed by atoms with van der Waals surface area (Å²) in [4.78, 5) is 16.3. The van der Waals surface area contributed by atoms with E-state index in [-0.39, 0.29) is 11.3 Å². The van der Waals surface area contributed by atoms with Gasteiger partial charge in [-0.25, -0.2) is 9.97 Å². The molecule has 0 atom stereocenters. The predicted octanol–water partition coefficient (Wildman–Crippen LogP) is 3.46. The molecule has 0 aromatic carbocycles. The highest BCUT2D eigenvalue weighted by Gasteiger charge is 2.37. The summed E-state index contributed by atoms with van der Waals surface area (Å²) in [6, 6.07) is 3.22. The van der Waals surface area contributed by atoms with Gasteiger partial charge in [0.15, 0.2) is 5.82 Å². The first kappa shape index (κ1) is 16.2. The van der Waals surface area contributed by atoms with E-state index in [0.717, 1.165) is 46.8 Å². The Kier molecular flexibility index (Phi) is 3.43. The lowest BCUT2D eigenvalue weighted by Gasteiger charge is -2.31. The molecule has 1 radical (unpaired) electrons. The Hall–Kier alpha value is -3.03. The highest BCUT2D eigenvalue weighted by atomic mass is 16.5. The second kappa shape index (κ2) is 5.73. The molecule has 0 amide bonds. The molecule has 8 nitrogen and oxygen atoms in total. The number of fused-ring (bicyclic) bond motifs is 1. The molecule has 0 saturated heterocycles. The van der Waals surface area contributed by atoms with Gasteiger partial charge in [0.2, 0.25) is 5.89 Å². The van der Waals surface area contributed by atoms with Crippen molar-refractivity contribution in [2.24, 2.45) is 0 Å². The van der Waals surface area contributed by atoms with Crippen LogP contribution < -0.4 is 0 Å². The van der Waals surface area contributed by atoms with Crippen LogP contribution in [0.5, 0.6) is 0 Å². The van der Waals surface area contributed by atoms with Gasteiger partial charge >= 0.3 is 0 Å². The average molecular weight is 362 g/mol. The summed E-state index contributed by atoms with van der Waals surface area (Å²) in [5, 5.41) is 9.64. The standard InChI is InChI=1S/C19H20N7O/c1-19(2,3)18-24-17(27-25-18)11-6-13(7-11)26-9-12(8-23-26)15-14-4-5-20-16(14)22-10-21-15/h4-5,8-11H,6-7H2,1-3H3,(H,20,21,22). The normalized spacial score (nSPS) is 16.1. The van der Waals surface area contributed by atoms with Crippen LogP contribution in [0.3, 0.4) is 0 Å². The van der Waals surface area contributed by atoms with Crippen LogP contribution in [-0.4, -0.2) is 34.9 Å². The third-order valence-electron chi connectivity index (χ3n) is 4.96. The van der Waals surface area contributed by atoms with Crippen molar-refractivity contribution >= 4 is 11.0 Å². The predicted molar refractivity (Wildman–Crippen MR) is 98.7 cm³/mol. The van der Waals surface area contributed by atoms with Crippen LogP contribution in [0.25, 0.3) is 22.3 Å². The molecule has 0 unspecified atom stereocenters. The highest BCUT2D eigenvalue weighted by molar-refractivity contribution is 5.89. The van der Waals surface area contributed by atoms with E-state index < -0.39 is 0 Å². The number of hydrogen-bond acceptors (Lipinski definition) is 6. The summed E-state index contributed by atoms with van der Waals surface area (Å²) in [5.41, 5.74) is 2.59. The lowest BCUT2D eigenvalue weighted by Crippen LogP contribution is -2.27. The van der Waals surface area contributed by atoms with Crippen LogP contribution in [0.1, 0.15) is 51.2 Å². The molecule has 4 heterocycles. The van der Waals surface area contributed by atoms with Crippen LogP contribution >= 0.6 is 0 Å². The van der Waals surface area contributed by atoms with Crippen molar-refractivity contribution < 1.29 is 4.52 Å². The SMILES string of the molecule is CC(C)(C)c1noc(C2C[C](n3cc(-c4ncnc5[nH]ccc45)cn3)C2)n1. The maximum atomic E-state index is 5.47. The van der Waals surface area contributed by atoms with Gasteiger partial charge in [0.25, 0.3) is 0 Å². The van der Waals surface area contributed by atoms with E-state index in [0.29, 0.717) is 0 Å². The number of aromatic amines is 1. The first-order valence-electron chi connectivity index (χ1n) is 9.01. The fourth-order valence-electron chi connectivity index (χ4n) is 3.30. The van der Waals surface area contributed by atoms with Crippen molar-refractivity contribution in [2.75, 3.05) is 0 Å². The minimum absolute atomic E-state index is 0.101. The number of hydrogen-bond donors (Lipinski definition) is 1. The third-order valence-corrected chi connectivity index (χ3v) is 4.96. The van der Waals surface area contributed by atoms with E-state index in [1.54, 1.807) is 6.33 Å². The lowest BCUT2D eigenvalue weighted by atomic mass is 9.80. The lowest BCUT2D eigenvalue weighted by molar-refractivity contribution is 0.287. The number of H-pyrrole nitrogens is 1. The van der Waals surface area contributed by atoms with Gasteiger partial charge in [0, 0.05) is 34.7 Å². The van der Waals surface area contributed by atoms with Crippen LogP contribution in [0, 0.1) is 6.04 Å². The van der Waals surface area contributed by atoms with Gasteiger partial charge < -0.3 is 9.51 Å². The van der Waals surface area contributed by atoms with Crippen molar-refractivity contribution in [2.45, 2.75) is 44.9 Å². The zero-order valence-corrected chi connectivity index (χ0v) is 15.5. The van der Waals surface area contributed by atoms with Crippen LogP contribution in [-0.2, 0) is 5.41 Å². The largest absolute Gasteiger partial charge is 0.346 e. The van der Waals surface area contributed by atoms with Gasteiger partial charge in [-0.15, -0.1) is 0 Å². The summed E-state index contributed by atoms with van der Waals surface area (Å²) in [6.07, 6.45) is 9.05. The molecule has 1 aliphatic rings. The molecule has 5 rings (SSSR count). The summed E-state index contributed by atoms with van der Waals surface area (Å²) in [7, 11) is 0. The molecular formula is C19H20N7O. The van der Waals surface area contributed by atoms with Crippen molar-refractivity contribution in [1.29, 1.82) is 0 Å². The Morgan fingerprint density at radius 3 is 2.85 bits per heavy atom. The average Bonchev–Trinajstić information content (AvgIpc) is 3.33. The Morgan fingerprint density at radius 2 is 2.07 bits per heavy atom. The molecule has 1 saturated carbocycles. The Morgan fingerprint density at radius 1 is 1.22 bits per heavy atom. The fourth-order valence-corrected chi connectivity index (χ4v) is 3.30. The summed E-state index contributed by atoms with van der Waals surface area (Å²) >= 11 is 0. The van der Waals surface area contributed by atoms with E-state index in [9.17, 15) is 0 Å². The molecule has 1 N–H and O–H groups in total. The maximum Gasteiger partial charge on any atom is 0.229 e. The molecule has 4 aromatic heterocycles. The van der Waals surface area contributed by atoms with Crippen molar-refractivity contribution in [3.05, 3.63) is 48.7 Å². The van der Waals surface area contributed by atoms with Gasteiger partial charge in [0.1, 0.15) is 12.0 Å². The summed E-state index contributed by atoms with van der Waals surface area (Å²) in [5.74, 6) is 1.75. The molecular weight excluding hydrogens is 342 g/mol. The minimum atomic E-state index is -0.101. The van der Waals surface area contributed by atoms with E-state index in [4.69, 9.17) is 4.52 Å². The molecule has 0 spiro atoms. The van der Waals surface area contributed by atoms with Gasteiger partial charge in [0.05, 0.1) is 17.9 Å². The molecule has 1 fully saturated rings. The number of nitrogens with one attached hydrogen (secondary N) is 1. The molecule has 4 aromatic rings. The first-order valence-corrected chi connectivity index (χ1v) is 9.01. The van der Waals surface area contributed by atoms with E-state index in [1.807, 2.05) is 29.3 Å². The molecule has 0 aliphatic heterocycles. The molecule has 0 bridgehead atoms. The highest BCUT2D eigenvalue weighted by Crippen LogP contribution is 2.43. The topological polar surface area (TPSA) is 98.3 Å². The zero-order valence-electron chi connectivity index (χ0n) is 15.5. The van der Waals surface area contributed by atoms with Gasteiger partial charge in [-0.1, -0.05) is 25.9 Å². The minimum Gasteiger partial charge on any atom is -0.346 e. The van der Waals surface area contributed by atoms with Crippen LogP contribution in [0.15, 0.2) is 35.5 Å². The molecule has 1 aliphatic carbocycles. The van der Waals surface area contributed by atoms with Gasteiger partial charge in [-0.05, 0) is 18.9 Å². The Balaban J connectivity index is 1.32. The smallest absolute Gasteiger partial charge is 0.229 e. The Labute approximate surface area is 156 Å².